The molecule has 2 amide bonds. The largest absolute Gasteiger partial charge is 0.478 e. The number of carbonyl (C=O) groups excluding carboxylic acids is 2. The summed E-state index contributed by atoms with van der Waals surface area (Å²) in [6.07, 6.45) is 1.21. The van der Waals surface area contributed by atoms with Gasteiger partial charge in [-0.15, -0.1) is 0 Å². The summed E-state index contributed by atoms with van der Waals surface area (Å²) in [7, 11) is 0. The van der Waals surface area contributed by atoms with E-state index < -0.39 is 5.97 Å². The fourth-order valence-corrected chi connectivity index (χ4v) is 2.57. The molecule has 19 heavy (non-hydrogen) atoms. The Balaban J connectivity index is 1.66. The fraction of sp³-hybridized carbons (Fsp3) is 0.357. The van der Waals surface area contributed by atoms with Crippen LogP contribution in [0.15, 0.2) is 24.3 Å². The lowest BCUT2D eigenvalue weighted by Gasteiger charge is -2.16. The molecule has 0 bridgehead atoms. The lowest BCUT2D eigenvalue weighted by atomic mass is 10.1. The monoisotopic (exact) mass is 259 g/mol. The third kappa shape index (κ3) is 2.01. The third-order valence-corrected chi connectivity index (χ3v) is 3.75. The quantitative estimate of drug-likeness (QED) is 0.816. The molecule has 1 aliphatic heterocycles. The molecule has 1 aromatic carbocycles. The Kier molecular flexibility index (Phi) is 2.62. The van der Waals surface area contributed by atoms with Gasteiger partial charge in [0.25, 0.3) is 0 Å². The van der Waals surface area contributed by atoms with E-state index in [1.807, 2.05) is 0 Å². The van der Waals surface area contributed by atoms with E-state index in [0.29, 0.717) is 19.4 Å². The third-order valence-electron chi connectivity index (χ3n) is 3.75. The highest BCUT2D eigenvalue weighted by atomic mass is 16.4. The number of hydrogen-bond acceptors (Lipinski definition) is 3. The van der Waals surface area contributed by atoms with Gasteiger partial charge in [0.1, 0.15) is 0 Å². The second-order valence-electron chi connectivity index (χ2n) is 5.03. The van der Waals surface area contributed by atoms with Crippen molar-refractivity contribution in [1.29, 1.82) is 0 Å². The number of likely N-dealkylation sites (tertiary alicyclic amines) is 1. The van der Waals surface area contributed by atoms with Crippen LogP contribution in [-0.4, -0.2) is 34.3 Å². The topological polar surface area (TPSA) is 74.7 Å². The lowest BCUT2D eigenvalue weighted by molar-refractivity contribution is -0.141. The number of carbonyl (C=O) groups is 3. The zero-order valence-electron chi connectivity index (χ0n) is 10.2. The number of aromatic carboxylic acids is 1. The predicted octanol–water partition coefficient (Wildman–Crippen LogP) is 0.932. The van der Waals surface area contributed by atoms with Gasteiger partial charge in [-0.25, -0.2) is 4.79 Å². The molecule has 0 aromatic heterocycles. The van der Waals surface area contributed by atoms with Gasteiger partial charge in [-0.2, -0.15) is 0 Å². The highest BCUT2D eigenvalue weighted by Crippen LogP contribution is 2.46. The van der Waals surface area contributed by atoms with Gasteiger partial charge in [-0.1, -0.05) is 12.1 Å². The van der Waals surface area contributed by atoms with Crippen molar-refractivity contribution in [3.8, 4) is 0 Å². The van der Waals surface area contributed by atoms with Crippen molar-refractivity contribution in [3.05, 3.63) is 35.4 Å². The molecule has 5 nitrogen and oxygen atoms in total. The van der Waals surface area contributed by atoms with Crippen LogP contribution in [-0.2, 0) is 16.0 Å². The van der Waals surface area contributed by atoms with Crippen LogP contribution < -0.4 is 0 Å². The minimum atomic E-state index is -0.976. The van der Waals surface area contributed by atoms with Crippen LogP contribution in [0.25, 0.3) is 0 Å². The van der Waals surface area contributed by atoms with Gasteiger partial charge in [-0.3, -0.25) is 14.5 Å². The number of imide groups is 1. The van der Waals surface area contributed by atoms with Crippen molar-refractivity contribution in [2.75, 3.05) is 6.54 Å². The van der Waals surface area contributed by atoms with Gasteiger partial charge >= 0.3 is 5.97 Å². The number of rotatable bonds is 4. The maximum absolute atomic E-state index is 11.8. The molecule has 1 aliphatic carbocycles. The smallest absolute Gasteiger partial charge is 0.335 e. The Labute approximate surface area is 109 Å². The van der Waals surface area contributed by atoms with E-state index in [-0.39, 0.29) is 29.2 Å². The molecule has 2 unspecified atom stereocenters. The van der Waals surface area contributed by atoms with Gasteiger partial charge in [0, 0.05) is 6.54 Å². The highest BCUT2D eigenvalue weighted by Gasteiger charge is 2.58. The standard InChI is InChI=1S/C14H13NO4/c16-12-10-7-11(10)13(17)15(12)5-4-8-2-1-3-9(6-8)14(18)19/h1-3,6,10-11H,4-5,7H2,(H,18,19). The first kappa shape index (κ1) is 11.9. The lowest BCUT2D eigenvalue weighted by Crippen LogP contribution is -2.34. The average molecular weight is 259 g/mol. The molecule has 1 heterocycles. The van der Waals surface area contributed by atoms with Crippen molar-refractivity contribution < 1.29 is 19.5 Å². The van der Waals surface area contributed by atoms with E-state index in [4.69, 9.17) is 5.11 Å². The summed E-state index contributed by atoms with van der Waals surface area (Å²) < 4.78 is 0. The molecule has 1 saturated heterocycles. The SMILES string of the molecule is O=C(O)c1cccc(CCN2C(=O)C3CC3C2=O)c1. The summed E-state index contributed by atoms with van der Waals surface area (Å²) in [6, 6.07) is 6.57. The summed E-state index contributed by atoms with van der Waals surface area (Å²) in [5, 5.41) is 8.90. The summed E-state index contributed by atoms with van der Waals surface area (Å²) in [4.78, 5) is 35.7. The Bertz CT molecular complexity index is 561. The Morgan fingerprint density at radius 1 is 1.26 bits per heavy atom. The molecular formula is C14H13NO4. The van der Waals surface area contributed by atoms with Crippen LogP contribution in [0.2, 0.25) is 0 Å². The number of benzene rings is 1. The number of amides is 2. The molecule has 3 rings (SSSR count). The van der Waals surface area contributed by atoms with Crippen LogP contribution >= 0.6 is 0 Å². The molecule has 2 aliphatic rings. The van der Waals surface area contributed by atoms with Crippen LogP contribution in [0.1, 0.15) is 22.3 Å². The van der Waals surface area contributed by atoms with E-state index in [0.717, 1.165) is 5.56 Å². The maximum atomic E-state index is 11.8. The number of nitrogens with zero attached hydrogens (tertiary/aromatic N) is 1. The molecule has 1 N–H and O–H groups in total. The Hall–Kier alpha value is -2.17. The number of fused-ring (bicyclic) bond motifs is 1. The van der Waals surface area contributed by atoms with Gasteiger partial charge < -0.3 is 5.11 Å². The molecule has 98 valence electrons. The van der Waals surface area contributed by atoms with Gasteiger partial charge in [0.05, 0.1) is 17.4 Å². The van der Waals surface area contributed by atoms with Crippen LogP contribution in [0.5, 0.6) is 0 Å². The zero-order chi connectivity index (χ0) is 13.6. The van der Waals surface area contributed by atoms with E-state index in [2.05, 4.69) is 0 Å². The number of hydrogen-bond donors (Lipinski definition) is 1. The fourth-order valence-electron chi connectivity index (χ4n) is 2.57. The molecular weight excluding hydrogens is 246 g/mol. The first-order valence-corrected chi connectivity index (χ1v) is 6.25. The number of carboxylic acid groups (broad SMARTS) is 1. The molecule has 5 heteroatoms. The first-order chi connectivity index (χ1) is 9.08. The summed E-state index contributed by atoms with van der Waals surface area (Å²) in [5.41, 5.74) is 1.04. The first-order valence-electron chi connectivity index (χ1n) is 6.25. The van der Waals surface area contributed by atoms with Gasteiger partial charge in [0.2, 0.25) is 11.8 Å². The second-order valence-corrected chi connectivity index (χ2v) is 5.03. The summed E-state index contributed by atoms with van der Waals surface area (Å²) >= 11 is 0. The van der Waals surface area contributed by atoms with E-state index in [9.17, 15) is 14.4 Å². The second kappa shape index (κ2) is 4.19. The molecule has 1 saturated carbocycles. The van der Waals surface area contributed by atoms with Gasteiger partial charge in [-0.05, 0) is 30.5 Å². The van der Waals surface area contributed by atoms with E-state index in [1.165, 1.54) is 11.0 Å². The summed E-state index contributed by atoms with van der Waals surface area (Å²) in [6.45, 7) is 0.341. The average Bonchev–Trinajstić information content (AvgIpc) is 3.14. The molecule has 0 radical (unpaired) electrons. The van der Waals surface area contributed by atoms with E-state index in [1.54, 1.807) is 18.2 Å². The molecule has 2 atom stereocenters. The maximum Gasteiger partial charge on any atom is 0.335 e. The Morgan fingerprint density at radius 3 is 2.58 bits per heavy atom. The van der Waals surface area contributed by atoms with Crippen LogP contribution in [0, 0.1) is 11.8 Å². The number of carboxylic acids is 1. The van der Waals surface area contributed by atoms with Crippen LogP contribution in [0.4, 0.5) is 0 Å². The van der Waals surface area contributed by atoms with Crippen molar-refractivity contribution >= 4 is 17.8 Å². The highest BCUT2D eigenvalue weighted by molar-refractivity contribution is 6.08. The van der Waals surface area contributed by atoms with Crippen LogP contribution in [0.3, 0.4) is 0 Å². The molecule has 1 aromatic rings. The Morgan fingerprint density at radius 2 is 1.95 bits per heavy atom. The van der Waals surface area contributed by atoms with Crippen molar-refractivity contribution in [3.63, 3.8) is 0 Å². The van der Waals surface area contributed by atoms with Crippen molar-refractivity contribution in [1.82, 2.24) is 4.90 Å². The van der Waals surface area contributed by atoms with E-state index >= 15 is 0 Å². The molecule has 0 spiro atoms. The van der Waals surface area contributed by atoms with Crippen molar-refractivity contribution in [2.45, 2.75) is 12.8 Å². The number of piperidine rings is 1. The summed E-state index contributed by atoms with van der Waals surface area (Å²) in [5.74, 6) is -1.25. The minimum absolute atomic E-state index is 0.0654. The molecule has 2 fully saturated rings. The normalized spacial score (nSPS) is 24.5. The van der Waals surface area contributed by atoms with Crippen molar-refractivity contribution in [2.24, 2.45) is 11.8 Å². The predicted molar refractivity (Wildman–Crippen MR) is 65.4 cm³/mol. The minimum Gasteiger partial charge on any atom is -0.478 e. The van der Waals surface area contributed by atoms with Gasteiger partial charge in [0.15, 0.2) is 0 Å². The zero-order valence-corrected chi connectivity index (χ0v) is 10.2.